The van der Waals surface area contributed by atoms with Crippen LogP contribution >= 0.6 is 0 Å². The minimum Gasteiger partial charge on any atom is -0.437 e. The van der Waals surface area contributed by atoms with Crippen molar-refractivity contribution in [3.05, 3.63) is 88.3 Å². The number of nitro benzene ring substituents is 1. The van der Waals surface area contributed by atoms with Crippen LogP contribution in [-0.2, 0) is 0 Å². The predicted octanol–water partition coefficient (Wildman–Crippen LogP) is 5.62. The number of nitrogens with zero attached hydrogens (tertiary/aromatic N) is 2. The molecule has 138 valence electrons. The molecule has 0 unspecified atom stereocenters. The quantitative estimate of drug-likeness (QED) is 0.364. The zero-order valence-corrected chi connectivity index (χ0v) is 15.1. The average molecular weight is 371 g/mol. The van der Waals surface area contributed by atoms with Crippen molar-refractivity contribution in [3.8, 4) is 11.1 Å². The summed E-state index contributed by atoms with van der Waals surface area (Å²) in [7, 11) is 1.65. The van der Waals surface area contributed by atoms with Gasteiger partial charge in [0.05, 0.1) is 4.92 Å². The summed E-state index contributed by atoms with van der Waals surface area (Å²) in [6, 6.07) is 20.9. The predicted molar refractivity (Wildman–Crippen MR) is 111 cm³/mol. The number of anilines is 1. The Balaban J connectivity index is 1.63. The highest BCUT2D eigenvalue weighted by Gasteiger charge is 2.12. The second-order valence-electron chi connectivity index (χ2n) is 6.22. The van der Waals surface area contributed by atoms with Crippen molar-refractivity contribution in [1.29, 1.82) is 0 Å². The van der Waals surface area contributed by atoms with E-state index >= 15 is 0 Å². The van der Waals surface area contributed by atoms with Gasteiger partial charge in [0.2, 0.25) is 5.89 Å². The van der Waals surface area contributed by atoms with Crippen molar-refractivity contribution in [3.63, 3.8) is 0 Å². The maximum absolute atomic E-state index is 11.2. The van der Waals surface area contributed by atoms with E-state index in [1.807, 2.05) is 48.5 Å². The van der Waals surface area contributed by atoms with Gasteiger partial charge in [0, 0.05) is 19.2 Å². The molecule has 0 bridgehead atoms. The first-order valence-electron chi connectivity index (χ1n) is 8.74. The number of nitro groups is 1. The Bertz CT molecular complexity index is 1180. The monoisotopic (exact) mass is 371 g/mol. The van der Waals surface area contributed by atoms with Gasteiger partial charge in [-0.15, -0.1) is 0 Å². The zero-order chi connectivity index (χ0) is 19.5. The summed E-state index contributed by atoms with van der Waals surface area (Å²) < 4.78 is 5.76. The van der Waals surface area contributed by atoms with E-state index < -0.39 is 4.92 Å². The second-order valence-corrected chi connectivity index (χ2v) is 6.22. The van der Waals surface area contributed by atoms with Gasteiger partial charge in [0.1, 0.15) is 11.2 Å². The topological polar surface area (TPSA) is 81.2 Å². The van der Waals surface area contributed by atoms with Crippen LogP contribution in [0.5, 0.6) is 0 Å². The third-order valence-electron chi connectivity index (χ3n) is 4.42. The summed E-state index contributed by atoms with van der Waals surface area (Å²) in [6.45, 7) is 0. The molecule has 0 amide bonds. The molecule has 0 aliphatic heterocycles. The lowest BCUT2D eigenvalue weighted by atomic mass is 10.1. The van der Waals surface area contributed by atoms with Crippen molar-refractivity contribution in [1.82, 2.24) is 4.98 Å². The molecule has 0 atom stereocenters. The molecule has 1 aromatic heterocycles. The fourth-order valence-corrected chi connectivity index (χ4v) is 3.01. The SMILES string of the molecule is CNc1ccc(/C=C/c2nc3cc(-c4ccccc4)ccc3o2)cc1[N+](=O)[O-]. The first kappa shape index (κ1) is 17.5. The Morgan fingerprint density at radius 2 is 1.82 bits per heavy atom. The number of nitrogens with one attached hydrogen (secondary N) is 1. The number of rotatable bonds is 5. The summed E-state index contributed by atoms with van der Waals surface area (Å²) in [4.78, 5) is 15.3. The molecular formula is C22H17N3O3. The van der Waals surface area contributed by atoms with Crippen molar-refractivity contribution in [2.75, 3.05) is 12.4 Å². The van der Waals surface area contributed by atoms with E-state index in [9.17, 15) is 10.1 Å². The standard InChI is InChI=1S/C22H17N3O3/c1-23-18-10-7-15(13-20(18)25(26)27)8-12-22-24-19-14-17(9-11-21(19)28-22)16-5-3-2-4-6-16/h2-14,23H,1H3/b12-8+. The van der Waals surface area contributed by atoms with Crippen molar-refractivity contribution >= 4 is 34.6 Å². The van der Waals surface area contributed by atoms with Gasteiger partial charge in [-0.3, -0.25) is 10.1 Å². The summed E-state index contributed by atoms with van der Waals surface area (Å²) in [5.41, 5.74) is 4.81. The van der Waals surface area contributed by atoms with Crippen molar-refractivity contribution in [2.24, 2.45) is 0 Å². The number of hydrogen-bond donors (Lipinski definition) is 1. The first-order valence-corrected chi connectivity index (χ1v) is 8.74. The van der Waals surface area contributed by atoms with Gasteiger partial charge in [0.15, 0.2) is 5.58 Å². The van der Waals surface area contributed by atoms with E-state index in [1.165, 1.54) is 6.07 Å². The Morgan fingerprint density at radius 3 is 2.57 bits per heavy atom. The normalized spacial score (nSPS) is 11.2. The molecule has 0 aliphatic rings. The van der Waals surface area contributed by atoms with Gasteiger partial charge in [-0.1, -0.05) is 42.5 Å². The van der Waals surface area contributed by atoms with Crippen LogP contribution in [-0.4, -0.2) is 17.0 Å². The Morgan fingerprint density at radius 1 is 1.00 bits per heavy atom. The largest absolute Gasteiger partial charge is 0.437 e. The highest BCUT2D eigenvalue weighted by molar-refractivity contribution is 5.82. The molecule has 0 saturated heterocycles. The summed E-state index contributed by atoms with van der Waals surface area (Å²) in [5, 5.41) is 14.0. The molecule has 0 spiro atoms. The molecule has 1 N–H and O–H groups in total. The molecule has 0 fully saturated rings. The smallest absolute Gasteiger partial charge is 0.292 e. The Hall–Kier alpha value is -3.93. The molecule has 28 heavy (non-hydrogen) atoms. The maximum Gasteiger partial charge on any atom is 0.292 e. The van der Waals surface area contributed by atoms with Gasteiger partial charge in [0.25, 0.3) is 5.69 Å². The highest BCUT2D eigenvalue weighted by Crippen LogP contribution is 2.27. The first-order chi connectivity index (χ1) is 13.6. The fraction of sp³-hybridized carbons (Fsp3) is 0.0455. The molecule has 1 heterocycles. The molecule has 0 saturated carbocycles. The second kappa shape index (κ2) is 7.36. The van der Waals surface area contributed by atoms with Crippen LogP contribution in [0.2, 0.25) is 0 Å². The lowest BCUT2D eigenvalue weighted by Crippen LogP contribution is -1.96. The highest BCUT2D eigenvalue weighted by atomic mass is 16.6. The van der Waals surface area contributed by atoms with Gasteiger partial charge < -0.3 is 9.73 Å². The molecule has 6 heteroatoms. The number of fused-ring (bicyclic) bond motifs is 1. The lowest BCUT2D eigenvalue weighted by Gasteiger charge is -2.02. The van der Waals surface area contributed by atoms with Crippen LogP contribution in [0.25, 0.3) is 34.4 Å². The third kappa shape index (κ3) is 3.48. The number of oxazole rings is 1. The fourth-order valence-electron chi connectivity index (χ4n) is 3.01. The van der Waals surface area contributed by atoms with E-state index in [0.29, 0.717) is 22.7 Å². The van der Waals surface area contributed by atoms with Gasteiger partial charge in [-0.2, -0.15) is 0 Å². The van der Waals surface area contributed by atoms with Gasteiger partial charge in [-0.05, 0) is 41.0 Å². The summed E-state index contributed by atoms with van der Waals surface area (Å²) in [6.07, 6.45) is 3.45. The molecule has 0 aliphatic carbocycles. The Kier molecular flexibility index (Phi) is 4.60. The molecule has 4 aromatic rings. The molecule has 3 aromatic carbocycles. The lowest BCUT2D eigenvalue weighted by molar-refractivity contribution is -0.383. The molecule has 0 radical (unpaired) electrons. The third-order valence-corrected chi connectivity index (χ3v) is 4.42. The summed E-state index contributed by atoms with van der Waals surface area (Å²) in [5.74, 6) is 0.445. The van der Waals surface area contributed by atoms with Crippen LogP contribution in [0.3, 0.4) is 0 Å². The molecular weight excluding hydrogens is 354 g/mol. The van der Waals surface area contributed by atoms with Crippen LogP contribution in [0.4, 0.5) is 11.4 Å². The number of benzene rings is 3. The van der Waals surface area contributed by atoms with Crippen molar-refractivity contribution < 1.29 is 9.34 Å². The zero-order valence-electron chi connectivity index (χ0n) is 15.1. The van der Waals surface area contributed by atoms with Gasteiger partial charge in [-0.25, -0.2) is 4.98 Å². The van der Waals surface area contributed by atoms with E-state index in [0.717, 1.165) is 16.6 Å². The number of aromatic nitrogens is 1. The summed E-state index contributed by atoms with van der Waals surface area (Å²) >= 11 is 0. The molecule has 6 nitrogen and oxygen atoms in total. The minimum atomic E-state index is -0.409. The molecule has 4 rings (SSSR count). The van der Waals surface area contributed by atoms with Crippen molar-refractivity contribution in [2.45, 2.75) is 0 Å². The number of hydrogen-bond acceptors (Lipinski definition) is 5. The van der Waals surface area contributed by atoms with Gasteiger partial charge >= 0.3 is 0 Å². The van der Waals surface area contributed by atoms with Crippen LogP contribution in [0.1, 0.15) is 11.5 Å². The van der Waals surface area contributed by atoms with E-state index in [-0.39, 0.29) is 5.69 Å². The average Bonchev–Trinajstić information content (AvgIpc) is 3.14. The van der Waals surface area contributed by atoms with E-state index in [4.69, 9.17) is 4.42 Å². The van der Waals surface area contributed by atoms with Crippen LogP contribution < -0.4 is 5.32 Å². The van der Waals surface area contributed by atoms with Crippen LogP contribution in [0.15, 0.2) is 71.1 Å². The van der Waals surface area contributed by atoms with E-state index in [1.54, 1.807) is 31.3 Å². The van der Waals surface area contributed by atoms with E-state index in [2.05, 4.69) is 10.3 Å². The van der Waals surface area contributed by atoms with Crippen LogP contribution in [0, 0.1) is 10.1 Å². The Labute approximate surface area is 161 Å². The minimum absolute atomic E-state index is 0.0229. The maximum atomic E-state index is 11.2.